The van der Waals surface area contributed by atoms with Crippen LogP contribution in [0, 0.1) is 11.3 Å². The van der Waals surface area contributed by atoms with Crippen molar-refractivity contribution in [1.29, 1.82) is 5.26 Å². The van der Waals surface area contributed by atoms with Gasteiger partial charge in [0.2, 0.25) is 10.0 Å². The van der Waals surface area contributed by atoms with Crippen LogP contribution < -0.4 is 9.46 Å². The van der Waals surface area contributed by atoms with Crippen molar-refractivity contribution in [2.24, 2.45) is 0 Å². The zero-order valence-corrected chi connectivity index (χ0v) is 19.9. The minimum atomic E-state index is -3.27. The summed E-state index contributed by atoms with van der Waals surface area (Å²) in [7, 11) is -3.27. The molecule has 0 radical (unpaired) electrons. The summed E-state index contributed by atoms with van der Waals surface area (Å²) in [5.74, 6) is 0.645. The molecule has 0 amide bonds. The van der Waals surface area contributed by atoms with E-state index in [9.17, 15) is 13.7 Å². The Hall–Kier alpha value is -2.73. The Morgan fingerprint density at radius 2 is 2.12 bits per heavy atom. The molecule has 0 bridgehead atoms. The molecule has 1 heterocycles. The maximum Gasteiger partial charge on any atom is 0.211 e. The van der Waals surface area contributed by atoms with Crippen molar-refractivity contribution in [3.8, 4) is 32.8 Å². The maximum absolute atomic E-state index is 12.1. The summed E-state index contributed by atoms with van der Waals surface area (Å²) in [6.45, 7) is 5.50. The van der Waals surface area contributed by atoms with Crippen LogP contribution >= 0.6 is 11.3 Å². The normalized spacial score (nSPS) is 15.5. The van der Waals surface area contributed by atoms with Crippen LogP contribution in [-0.2, 0) is 16.4 Å². The van der Waals surface area contributed by atoms with Crippen molar-refractivity contribution in [3.05, 3.63) is 59.3 Å². The Bertz CT molecular complexity index is 1290. The van der Waals surface area contributed by atoms with Gasteiger partial charge >= 0.3 is 0 Å². The fraction of sp³-hybridized carbons (Fsp3) is 0.333. The number of aromatic nitrogens is 1. The highest BCUT2D eigenvalue weighted by Crippen LogP contribution is 2.41. The van der Waals surface area contributed by atoms with Gasteiger partial charge in [0.05, 0.1) is 22.3 Å². The van der Waals surface area contributed by atoms with E-state index in [0.29, 0.717) is 11.3 Å². The first kappa shape index (κ1) is 22.5. The lowest BCUT2D eigenvalue weighted by Crippen LogP contribution is -2.28. The lowest BCUT2D eigenvalue weighted by molar-refractivity contribution is 0.242. The number of hydrogen-bond acceptors (Lipinski definition) is 6. The van der Waals surface area contributed by atoms with E-state index in [1.807, 2.05) is 50.4 Å². The van der Waals surface area contributed by atoms with Crippen LogP contribution in [0.4, 0.5) is 0 Å². The number of benzene rings is 2. The van der Waals surface area contributed by atoms with Gasteiger partial charge in [-0.15, -0.1) is 11.3 Å². The Kier molecular flexibility index (Phi) is 6.33. The zero-order chi connectivity index (χ0) is 22.9. The van der Waals surface area contributed by atoms with Crippen molar-refractivity contribution in [1.82, 2.24) is 9.71 Å². The highest BCUT2D eigenvalue weighted by molar-refractivity contribution is 7.89. The number of nitriles is 1. The molecule has 8 heteroatoms. The summed E-state index contributed by atoms with van der Waals surface area (Å²) in [5.41, 5.74) is 4.65. The number of sulfonamides is 1. The topological polar surface area (TPSA) is 92.1 Å². The molecule has 0 aliphatic heterocycles. The Labute approximate surface area is 193 Å². The van der Waals surface area contributed by atoms with Crippen LogP contribution in [0.2, 0.25) is 0 Å². The van der Waals surface area contributed by atoms with Crippen LogP contribution in [0.15, 0.2) is 42.6 Å². The number of thiazole rings is 1. The molecule has 0 unspecified atom stereocenters. The van der Waals surface area contributed by atoms with Gasteiger partial charge in [-0.3, -0.25) is 0 Å². The first-order valence-electron chi connectivity index (χ1n) is 10.6. The quantitative estimate of drug-likeness (QED) is 0.524. The van der Waals surface area contributed by atoms with Crippen molar-refractivity contribution < 1.29 is 13.2 Å². The van der Waals surface area contributed by atoms with Gasteiger partial charge in [0, 0.05) is 17.8 Å². The molecule has 6 nitrogen and oxygen atoms in total. The maximum atomic E-state index is 12.1. The highest BCUT2D eigenvalue weighted by atomic mass is 32.2. The molecule has 1 aromatic heterocycles. The zero-order valence-electron chi connectivity index (χ0n) is 18.3. The predicted octanol–water partition coefficient (Wildman–Crippen LogP) is 5.06. The number of nitrogens with one attached hydrogen (secondary N) is 1. The Morgan fingerprint density at radius 3 is 2.84 bits per heavy atom. The molecule has 1 aliphatic rings. The van der Waals surface area contributed by atoms with Crippen LogP contribution in [0.25, 0.3) is 21.0 Å². The molecule has 0 fully saturated rings. The van der Waals surface area contributed by atoms with E-state index < -0.39 is 10.0 Å². The molecule has 32 heavy (non-hydrogen) atoms. The van der Waals surface area contributed by atoms with Gasteiger partial charge in [0.15, 0.2) is 0 Å². The highest BCUT2D eigenvalue weighted by Gasteiger charge is 2.28. The number of hydrogen-bond donors (Lipinski definition) is 1. The fourth-order valence-corrected chi connectivity index (χ4v) is 5.76. The SMILES string of the molecule is CCS(=O)(=O)N[C@@H]1CCc2c(-c3cnc(-c4ccc(OC(C)C)c(C#N)c4)s3)cccc21. The molecule has 166 valence electrons. The van der Waals surface area contributed by atoms with Crippen molar-refractivity contribution >= 4 is 21.4 Å². The molecule has 2 aromatic carbocycles. The molecule has 1 N–H and O–H groups in total. The number of fused-ring (bicyclic) bond motifs is 1. The van der Waals surface area contributed by atoms with E-state index >= 15 is 0 Å². The number of ether oxygens (including phenoxy) is 1. The largest absolute Gasteiger partial charge is 0.490 e. The van der Waals surface area contributed by atoms with Crippen LogP contribution in [-0.4, -0.2) is 25.3 Å². The minimum Gasteiger partial charge on any atom is -0.490 e. The van der Waals surface area contributed by atoms with E-state index in [2.05, 4.69) is 21.8 Å². The van der Waals surface area contributed by atoms with Gasteiger partial charge in [0.25, 0.3) is 0 Å². The van der Waals surface area contributed by atoms with Gasteiger partial charge < -0.3 is 4.74 Å². The van der Waals surface area contributed by atoms with E-state index in [1.165, 1.54) is 5.56 Å². The summed E-state index contributed by atoms with van der Waals surface area (Å²) >= 11 is 1.56. The average molecular weight is 468 g/mol. The van der Waals surface area contributed by atoms with Gasteiger partial charge in [-0.2, -0.15) is 5.26 Å². The smallest absolute Gasteiger partial charge is 0.211 e. The number of rotatable bonds is 7. The van der Waals surface area contributed by atoms with E-state index in [0.717, 1.165) is 39.4 Å². The molecule has 0 saturated carbocycles. The van der Waals surface area contributed by atoms with Crippen molar-refractivity contribution in [2.45, 2.75) is 45.8 Å². The monoisotopic (exact) mass is 467 g/mol. The van der Waals surface area contributed by atoms with Crippen molar-refractivity contribution in [3.63, 3.8) is 0 Å². The van der Waals surface area contributed by atoms with Crippen LogP contribution in [0.5, 0.6) is 5.75 Å². The van der Waals surface area contributed by atoms with Crippen molar-refractivity contribution in [2.75, 3.05) is 5.75 Å². The summed E-state index contributed by atoms with van der Waals surface area (Å²) < 4.78 is 32.7. The summed E-state index contributed by atoms with van der Waals surface area (Å²) in [5, 5.41) is 10.3. The standard InChI is InChI=1S/C24H25N3O3S2/c1-4-32(28,29)27-21-10-9-18-19(21)6-5-7-20(18)23-14-26-24(31-23)16-8-11-22(30-15(2)3)17(12-16)13-25/h5-8,11-12,14-15,21,27H,4,9-10H2,1-3H3/t21-/m1/s1. The third-order valence-corrected chi connectivity index (χ3v) is 7.94. The van der Waals surface area contributed by atoms with Gasteiger partial charge in [-0.05, 0) is 68.5 Å². The van der Waals surface area contributed by atoms with Crippen LogP contribution in [0.3, 0.4) is 0 Å². The Morgan fingerprint density at radius 1 is 1.31 bits per heavy atom. The lowest BCUT2D eigenvalue weighted by Gasteiger charge is -2.14. The third kappa shape index (κ3) is 4.56. The van der Waals surface area contributed by atoms with Gasteiger partial charge in [-0.25, -0.2) is 18.1 Å². The lowest BCUT2D eigenvalue weighted by atomic mass is 10.0. The second-order valence-corrected chi connectivity index (χ2v) is 11.1. The van der Waals surface area contributed by atoms with E-state index in [1.54, 1.807) is 18.3 Å². The summed E-state index contributed by atoms with van der Waals surface area (Å²) in [6, 6.07) is 13.6. The molecular weight excluding hydrogens is 442 g/mol. The molecular formula is C24H25N3O3S2. The minimum absolute atomic E-state index is 0.00905. The van der Waals surface area contributed by atoms with Gasteiger partial charge in [-0.1, -0.05) is 18.2 Å². The summed E-state index contributed by atoms with van der Waals surface area (Å²) in [4.78, 5) is 5.63. The van der Waals surface area contributed by atoms with E-state index in [4.69, 9.17) is 4.74 Å². The predicted molar refractivity (Wildman–Crippen MR) is 127 cm³/mol. The molecule has 1 aliphatic carbocycles. The molecule has 0 spiro atoms. The molecule has 3 aromatic rings. The third-order valence-electron chi connectivity index (χ3n) is 5.45. The molecule has 4 rings (SSSR count). The average Bonchev–Trinajstić information content (AvgIpc) is 3.41. The summed E-state index contributed by atoms with van der Waals surface area (Å²) in [6.07, 6.45) is 3.41. The van der Waals surface area contributed by atoms with E-state index in [-0.39, 0.29) is 17.9 Å². The number of nitrogens with zero attached hydrogens (tertiary/aromatic N) is 2. The van der Waals surface area contributed by atoms with Gasteiger partial charge in [0.1, 0.15) is 16.8 Å². The second kappa shape index (κ2) is 9.02. The molecule has 0 saturated heterocycles. The molecule has 1 atom stereocenters. The first-order chi connectivity index (χ1) is 15.3. The Balaban J connectivity index is 1.65. The fourth-order valence-electron chi connectivity index (χ4n) is 3.95. The van der Waals surface area contributed by atoms with Crippen LogP contribution in [0.1, 0.15) is 49.9 Å². The second-order valence-electron chi connectivity index (χ2n) is 8.00. The first-order valence-corrected chi connectivity index (χ1v) is 13.1.